The molecule has 0 spiro atoms. The first-order chi connectivity index (χ1) is 8.87. The fourth-order valence-electron chi connectivity index (χ4n) is 3.61. The molecule has 1 aromatic carbocycles. The SMILES string of the molecule is Cc1cc(C)c(N2CCN3CC(C)(C)OC32)c(C)c1. The number of ether oxygens (including phenoxy) is 1. The minimum Gasteiger partial charge on any atom is -0.337 e. The molecule has 1 unspecified atom stereocenters. The summed E-state index contributed by atoms with van der Waals surface area (Å²) in [6.45, 7) is 14.1. The second-order valence-corrected chi connectivity index (χ2v) is 6.62. The summed E-state index contributed by atoms with van der Waals surface area (Å²) in [5, 5.41) is 0. The largest absolute Gasteiger partial charge is 0.337 e. The summed E-state index contributed by atoms with van der Waals surface area (Å²) in [4.78, 5) is 4.87. The van der Waals surface area contributed by atoms with E-state index >= 15 is 0 Å². The Bertz CT molecular complexity index is 486. The molecule has 0 aliphatic carbocycles. The average Bonchev–Trinajstić information content (AvgIpc) is 2.73. The molecule has 0 saturated carbocycles. The van der Waals surface area contributed by atoms with Crippen LogP contribution >= 0.6 is 0 Å². The number of hydrogen-bond donors (Lipinski definition) is 0. The Morgan fingerprint density at radius 3 is 2.37 bits per heavy atom. The van der Waals surface area contributed by atoms with Crippen LogP contribution in [0, 0.1) is 20.8 Å². The quantitative estimate of drug-likeness (QED) is 0.772. The highest BCUT2D eigenvalue weighted by Gasteiger charge is 2.45. The average molecular weight is 260 g/mol. The highest BCUT2D eigenvalue weighted by Crippen LogP contribution is 2.37. The van der Waals surface area contributed by atoms with Gasteiger partial charge >= 0.3 is 0 Å². The van der Waals surface area contributed by atoms with E-state index in [1.165, 1.54) is 22.4 Å². The smallest absolute Gasteiger partial charge is 0.190 e. The number of hydrogen-bond acceptors (Lipinski definition) is 3. The number of nitrogens with zero attached hydrogens (tertiary/aromatic N) is 2. The van der Waals surface area contributed by atoms with E-state index in [0.717, 1.165) is 19.6 Å². The van der Waals surface area contributed by atoms with Crippen LogP contribution < -0.4 is 4.90 Å². The van der Waals surface area contributed by atoms with E-state index in [9.17, 15) is 0 Å². The topological polar surface area (TPSA) is 15.7 Å². The summed E-state index contributed by atoms with van der Waals surface area (Å²) >= 11 is 0. The van der Waals surface area contributed by atoms with Gasteiger partial charge in [-0.3, -0.25) is 4.90 Å². The molecule has 2 heterocycles. The Hall–Kier alpha value is -1.06. The number of benzene rings is 1. The molecule has 0 radical (unpaired) electrons. The van der Waals surface area contributed by atoms with Crippen molar-refractivity contribution in [3.63, 3.8) is 0 Å². The van der Waals surface area contributed by atoms with E-state index in [1.807, 2.05) is 0 Å². The van der Waals surface area contributed by atoms with Gasteiger partial charge in [0.2, 0.25) is 0 Å². The number of aryl methyl sites for hydroxylation is 3. The van der Waals surface area contributed by atoms with Crippen LogP contribution in [0.1, 0.15) is 30.5 Å². The highest BCUT2D eigenvalue weighted by molar-refractivity contribution is 5.61. The molecular weight excluding hydrogens is 236 g/mol. The Labute approximate surface area is 116 Å². The molecule has 0 aromatic heterocycles. The first kappa shape index (κ1) is 12.9. The molecule has 1 aromatic rings. The second kappa shape index (κ2) is 4.22. The molecule has 2 saturated heterocycles. The normalized spacial score (nSPS) is 25.9. The van der Waals surface area contributed by atoms with Gasteiger partial charge in [-0.1, -0.05) is 17.7 Å². The molecule has 3 rings (SSSR count). The number of fused-ring (bicyclic) bond motifs is 1. The summed E-state index contributed by atoms with van der Waals surface area (Å²) in [6.07, 6.45) is 0.120. The van der Waals surface area contributed by atoms with Crippen molar-refractivity contribution in [2.24, 2.45) is 0 Å². The predicted octanol–water partition coefficient (Wildman–Crippen LogP) is 2.83. The second-order valence-electron chi connectivity index (χ2n) is 6.62. The zero-order valence-corrected chi connectivity index (χ0v) is 12.7. The van der Waals surface area contributed by atoms with Gasteiger partial charge in [0.1, 0.15) is 0 Å². The molecule has 0 amide bonds. The van der Waals surface area contributed by atoms with Crippen LogP contribution in [0.3, 0.4) is 0 Å². The summed E-state index contributed by atoms with van der Waals surface area (Å²) in [7, 11) is 0. The zero-order valence-electron chi connectivity index (χ0n) is 12.7. The highest BCUT2D eigenvalue weighted by atomic mass is 16.6. The molecule has 104 valence electrons. The monoisotopic (exact) mass is 260 g/mol. The van der Waals surface area contributed by atoms with Gasteiger partial charge in [0, 0.05) is 25.3 Å². The Kier molecular flexibility index (Phi) is 2.88. The lowest BCUT2D eigenvalue weighted by Gasteiger charge is -2.30. The van der Waals surface area contributed by atoms with Gasteiger partial charge in [0.25, 0.3) is 0 Å². The molecule has 3 heteroatoms. The van der Waals surface area contributed by atoms with E-state index in [0.29, 0.717) is 0 Å². The van der Waals surface area contributed by atoms with Crippen molar-refractivity contribution in [2.75, 3.05) is 24.5 Å². The van der Waals surface area contributed by atoms with Crippen LogP contribution in [0.2, 0.25) is 0 Å². The standard InChI is InChI=1S/C16H24N2O/c1-11-8-12(2)14(13(3)9-11)18-7-6-17-10-16(4,5)19-15(17)18/h8-9,15H,6-7,10H2,1-5H3. The van der Waals surface area contributed by atoms with Crippen LogP contribution in [0.4, 0.5) is 5.69 Å². The molecule has 1 atom stereocenters. The van der Waals surface area contributed by atoms with E-state index in [2.05, 4.69) is 56.6 Å². The molecule has 2 aliphatic rings. The van der Waals surface area contributed by atoms with Crippen LogP contribution in [0.5, 0.6) is 0 Å². The number of anilines is 1. The van der Waals surface area contributed by atoms with Gasteiger partial charge in [-0.05, 0) is 45.7 Å². The Balaban J connectivity index is 1.96. The lowest BCUT2D eigenvalue weighted by Crippen LogP contribution is -2.36. The van der Waals surface area contributed by atoms with E-state index < -0.39 is 0 Å². The van der Waals surface area contributed by atoms with Crippen LogP contribution in [-0.4, -0.2) is 36.5 Å². The van der Waals surface area contributed by atoms with Crippen molar-refractivity contribution in [2.45, 2.75) is 46.6 Å². The Morgan fingerprint density at radius 1 is 1.11 bits per heavy atom. The Morgan fingerprint density at radius 2 is 1.74 bits per heavy atom. The third-order valence-electron chi connectivity index (χ3n) is 4.14. The summed E-state index contributed by atoms with van der Waals surface area (Å²) in [6, 6.07) is 4.54. The van der Waals surface area contributed by atoms with Crippen LogP contribution in [-0.2, 0) is 4.74 Å². The summed E-state index contributed by atoms with van der Waals surface area (Å²) in [5.74, 6) is 0. The van der Waals surface area contributed by atoms with Crippen molar-refractivity contribution < 1.29 is 4.74 Å². The first-order valence-electron chi connectivity index (χ1n) is 7.14. The minimum atomic E-state index is -0.0319. The first-order valence-corrected chi connectivity index (χ1v) is 7.14. The maximum absolute atomic E-state index is 6.23. The third-order valence-corrected chi connectivity index (χ3v) is 4.14. The lowest BCUT2D eigenvalue weighted by molar-refractivity contribution is -0.0253. The van der Waals surface area contributed by atoms with Crippen molar-refractivity contribution in [1.29, 1.82) is 0 Å². The maximum Gasteiger partial charge on any atom is 0.190 e. The van der Waals surface area contributed by atoms with Gasteiger partial charge in [-0.25, -0.2) is 0 Å². The van der Waals surface area contributed by atoms with Gasteiger partial charge < -0.3 is 9.64 Å². The van der Waals surface area contributed by atoms with E-state index in [-0.39, 0.29) is 12.0 Å². The summed E-state index contributed by atoms with van der Waals surface area (Å²) < 4.78 is 6.23. The number of rotatable bonds is 1. The van der Waals surface area contributed by atoms with Crippen molar-refractivity contribution in [1.82, 2.24) is 4.90 Å². The molecule has 2 aliphatic heterocycles. The third kappa shape index (κ3) is 2.15. The van der Waals surface area contributed by atoms with Crippen LogP contribution in [0.25, 0.3) is 0 Å². The van der Waals surface area contributed by atoms with Crippen molar-refractivity contribution >= 4 is 5.69 Å². The van der Waals surface area contributed by atoms with Crippen LogP contribution in [0.15, 0.2) is 12.1 Å². The molecule has 19 heavy (non-hydrogen) atoms. The molecule has 0 N–H and O–H groups in total. The molecular formula is C16H24N2O. The van der Waals surface area contributed by atoms with E-state index in [1.54, 1.807) is 0 Å². The maximum atomic E-state index is 6.23. The molecule has 0 bridgehead atoms. The van der Waals surface area contributed by atoms with Gasteiger partial charge in [0.05, 0.1) is 5.60 Å². The fourth-order valence-corrected chi connectivity index (χ4v) is 3.61. The predicted molar refractivity (Wildman–Crippen MR) is 78.5 cm³/mol. The van der Waals surface area contributed by atoms with E-state index in [4.69, 9.17) is 4.74 Å². The van der Waals surface area contributed by atoms with Gasteiger partial charge in [0.15, 0.2) is 6.35 Å². The minimum absolute atomic E-state index is 0.0319. The van der Waals surface area contributed by atoms with Gasteiger partial charge in [-0.15, -0.1) is 0 Å². The molecule has 3 nitrogen and oxygen atoms in total. The fraction of sp³-hybridized carbons (Fsp3) is 0.625. The lowest BCUT2D eigenvalue weighted by atomic mass is 10.0. The summed E-state index contributed by atoms with van der Waals surface area (Å²) in [5.41, 5.74) is 5.37. The van der Waals surface area contributed by atoms with Gasteiger partial charge in [-0.2, -0.15) is 0 Å². The zero-order chi connectivity index (χ0) is 13.8. The van der Waals surface area contributed by atoms with Crippen molar-refractivity contribution in [3.8, 4) is 0 Å². The van der Waals surface area contributed by atoms with Crippen molar-refractivity contribution in [3.05, 3.63) is 28.8 Å². The molecule has 2 fully saturated rings.